The highest BCUT2D eigenvalue weighted by Crippen LogP contribution is 2.20. The van der Waals surface area contributed by atoms with Crippen LogP contribution in [-0.2, 0) is 16.0 Å². The van der Waals surface area contributed by atoms with E-state index in [4.69, 9.17) is 9.84 Å². The molecule has 0 spiro atoms. The lowest BCUT2D eigenvalue weighted by Crippen LogP contribution is -2.27. The van der Waals surface area contributed by atoms with E-state index in [0.717, 1.165) is 12.8 Å². The van der Waals surface area contributed by atoms with E-state index in [1.165, 1.54) is 6.20 Å². The van der Waals surface area contributed by atoms with Crippen molar-refractivity contribution in [3.05, 3.63) is 18.0 Å². The van der Waals surface area contributed by atoms with Crippen LogP contribution >= 0.6 is 0 Å². The van der Waals surface area contributed by atoms with Crippen LogP contribution in [-0.4, -0.2) is 40.0 Å². The lowest BCUT2D eigenvalue weighted by molar-refractivity contribution is -0.126. The van der Waals surface area contributed by atoms with E-state index in [-0.39, 0.29) is 24.7 Å². The van der Waals surface area contributed by atoms with Crippen LogP contribution < -0.4 is 5.32 Å². The van der Waals surface area contributed by atoms with Crippen molar-refractivity contribution in [2.24, 2.45) is 0 Å². The number of hydrogen-bond acceptors (Lipinski definition) is 5. The standard InChI is InChI=1S/C12H17N3O3/c1-8-2-3-11(18-8)12(17)14-10-6-9(4-5-16)15-13-7-10/h6-8,11,16H,2-5H2,1H3,(H,14,15,17). The van der Waals surface area contributed by atoms with Crippen molar-refractivity contribution in [1.29, 1.82) is 0 Å². The highest BCUT2D eigenvalue weighted by atomic mass is 16.5. The molecule has 6 nitrogen and oxygen atoms in total. The minimum atomic E-state index is -0.380. The maximum Gasteiger partial charge on any atom is 0.253 e. The Labute approximate surface area is 105 Å². The van der Waals surface area contributed by atoms with Gasteiger partial charge in [-0.1, -0.05) is 0 Å². The van der Waals surface area contributed by atoms with Crippen LogP contribution in [0.2, 0.25) is 0 Å². The number of ether oxygens (including phenoxy) is 1. The number of nitrogens with one attached hydrogen (secondary N) is 1. The van der Waals surface area contributed by atoms with E-state index >= 15 is 0 Å². The maximum absolute atomic E-state index is 11.9. The van der Waals surface area contributed by atoms with Crippen molar-refractivity contribution < 1.29 is 14.6 Å². The first-order valence-corrected chi connectivity index (χ1v) is 6.08. The van der Waals surface area contributed by atoms with E-state index in [9.17, 15) is 4.79 Å². The topological polar surface area (TPSA) is 84.3 Å². The zero-order valence-corrected chi connectivity index (χ0v) is 10.3. The second-order valence-corrected chi connectivity index (χ2v) is 4.41. The highest BCUT2D eigenvalue weighted by Gasteiger charge is 2.28. The van der Waals surface area contributed by atoms with Crippen LogP contribution in [0.4, 0.5) is 5.69 Å². The van der Waals surface area contributed by atoms with Gasteiger partial charge in [-0.05, 0) is 25.8 Å². The molecule has 1 aliphatic heterocycles. The minimum absolute atomic E-state index is 0.00926. The number of anilines is 1. The van der Waals surface area contributed by atoms with Gasteiger partial charge in [-0.25, -0.2) is 0 Å². The van der Waals surface area contributed by atoms with Gasteiger partial charge in [-0.2, -0.15) is 10.2 Å². The van der Waals surface area contributed by atoms with Crippen LogP contribution in [0.25, 0.3) is 0 Å². The fourth-order valence-corrected chi connectivity index (χ4v) is 1.93. The summed E-state index contributed by atoms with van der Waals surface area (Å²) in [6, 6.07) is 1.71. The Kier molecular flexibility index (Phi) is 4.22. The molecule has 0 saturated carbocycles. The van der Waals surface area contributed by atoms with Gasteiger partial charge in [-0.15, -0.1) is 0 Å². The molecule has 18 heavy (non-hydrogen) atoms. The zero-order chi connectivity index (χ0) is 13.0. The molecule has 1 aliphatic rings. The quantitative estimate of drug-likeness (QED) is 0.815. The molecule has 2 heterocycles. The number of carbonyl (C=O) groups is 1. The second kappa shape index (κ2) is 5.88. The Morgan fingerprint density at radius 3 is 3.11 bits per heavy atom. The Balaban J connectivity index is 1.96. The Hall–Kier alpha value is -1.53. The van der Waals surface area contributed by atoms with Gasteiger partial charge in [-0.3, -0.25) is 4.79 Å². The molecule has 0 aromatic carbocycles. The molecular formula is C12H17N3O3. The third-order valence-corrected chi connectivity index (χ3v) is 2.86. The zero-order valence-electron chi connectivity index (χ0n) is 10.3. The van der Waals surface area contributed by atoms with Gasteiger partial charge in [0.15, 0.2) is 0 Å². The molecule has 1 saturated heterocycles. The molecule has 0 radical (unpaired) electrons. The number of carbonyl (C=O) groups excluding carboxylic acids is 1. The highest BCUT2D eigenvalue weighted by molar-refractivity contribution is 5.94. The molecule has 98 valence electrons. The fraction of sp³-hybridized carbons (Fsp3) is 0.583. The Morgan fingerprint density at radius 2 is 2.44 bits per heavy atom. The Morgan fingerprint density at radius 1 is 1.61 bits per heavy atom. The average Bonchev–Trinajstić information content (AvgIpc) is 2.77. The molecule has 1 amide bonds. The molecule has 1 aromatic heterocycles. The summed E-state index contributed by atoms with van der Waals surface area (Å²) >= 11 is 0. The summed E-state index contributed by atoms with van der Waals surface area (Å²) < 4.78 is 5.48. The predicted molar refractivity (Wildman–Crippen MR) is 65.0 cm³/mol. The van der Waals surface area contributed by atoms with Crippen LogP contribution in [0.3, 0.4) is 0 Å². The van der Waals surface area contributed by atoms with Crippen LogP contribution in [0, 0.1) is 0 Å². The summed E-state index contributed by atoms with van der Waals surface area (Å²) in [6.45, 7) is 1.97. The maximum atomic E-state index is 11.9. The first-order valence-electron chi connectivity index (χ1n) is 6.08. The lowest BCUT2D eigenvalue weighted by Gasteiger charge is -2.11. The number of aromatic nitrogens is 2. The summed E-state index contributed by atoms with van der Waals surface area (Å²) in [4.78, 5) is 11.9. The fourth-order valence-electron chi connectivity index (χ4n) is 1.93. The van der Waals surface area contributed by atoms with Crippen molar-refractivity contribution in [3.63, 3.8) is 0 Å². The number of aliphatic hydroxyl groups excluding tert-OH is 1. The van der Waals surface area contributed by atoms with E-state index in [2.05, 4.69) is 15.5 Å². The van der Waals surface area contributed by atoms with Crippen LogP contribution in [0.5, 0.6) is 0 Å². The molecular weight excluding hydrogens is 234 g/mol. The monoisotopic (exact) mass is 251 g/mol. The van der Waals surface area contributed by atoms with E-state index in [0.29, 0.717) is 17.8 Å². The molecule has 1 aromatic rings. The summed E-state index contributed by atoms with van der Waals surface area (Å²) in [7, 11) is 0. The van der Waals surface area contributed by atoms with Gasteiger partial charge in [0.2, 0.25) is 0 Å². The summed E-state index contributed by atoms with van der Waals surface area (Å²) in [6.07, 6.45) is 3.32. The summed E-state index contributed by atoms with van der Waals surface area (Å²) in [5, 5.41) is 19.2. The van der Waals surface area contributed by atoms with Crippen molar-refractivity contribution in [2.75, 3.05) is 11.9 Å². The number of nitrogens with zero attached hydrogens (tertiary/aromatic N) is 2. The lowest BCUT2D eigenvalue weighted by atomic mass is 10.2. The van der Waals surface area contributed by atoms with Crippen LogP contribution in [0.1, 0.15) is 25.5 Å². The molecule has 2 unspecified atom stereocenters. The molecule has 0 aliphatic carbocycles. The third-order valence-electron chi connectivity index (χ3n) is 2.86. The summed E-state index contributed by atoms with van der Waals surface area (Å²) in [5.74, 6) is -0.151. The van der Waals surface area contributed by atoms with Crippen molar-refractivity contribution in [1.82, 2.24) is 10.2 Å². The van der Waals surface area contributed by atoms with Gasteiger partial charge in [0, 0.05) is 13.0 Å². The van der Waals surface area contributed by atoms with Gasteiger partial charge in [0.05, 0.1) is 23.7 Å². The number of aliphatic hydroxyl groups is 1. The number of hydrogen-bond donors (Lipinski definition) is 2. The smallest absolute Gasteiger partial charge is 0.253 e. The van der Waals surface area contributed by atoms with Gasteiger partial charge in [0.25, 0.3) is 5.91 Å². The van der Waals surface area contributed by atoms with E-state index in [1.807, 2.05) is 6.92 Å². The number of amides is 1. The van der Waals surface area contributed by atoms with E-state index < -0.39 is 0 Å². The average molecular weight is 251 g/mol. The molecule has 1 fully saturated rings. The normalized spacial score (nSPS) is 23.0. The predicted octanol–water partition coefficient (Wildman–Crippen LogP) is 0.517. The van der Waals surface area contributed by atoms with E-state index in [1.54, 1.807) is 6.07 Å². The van der Waals surface area contributed by atoms with Gasteiger partial charge >= 0.3 is 0 Å². The van der Waals surface area contributed by atoms with Gasteiger partial charge < -0.3 is 15.2 Å². The van der Waals surface area contributed by atoms with Crippen molar-refractivity contribution in [2.45, 2.75) is 38.4 Å². The molecule has 0 bridgehead atoms. The molecule has 6 heteroatoms. The first-order chi connectivity index (χ1) is 8.69. The summed E-state index contributed by atoms with van der Waals surface area (Å²) in [5.41, 5.74) is 1.23. The molecule has 2 N–H and O–H groups in total. The largest absolute Gasteiger partial charge is 0.396 e. The Bertz CT molecular complexity index is 425. The second-order valence-electron chi connectivity index (χ2n) is 4.41. The first kappa shape index (κ1) is 12.9. The number of rotatable bonds is 4. The third kappa shape index (κ3) is 3.24. The molecule has 2 atom stereocenters. The van der Waals surface area contributed by atoms with Crippen molar-refractivity contribution in [3.8, 4) is 0 Å². The molecule has 2 rings (SSSR count). The van der Waals surface area contributed by atoms with Gasteiger partial charge in [0.1, 0.15) is 6.10 Å². The van der Waals surface area contributed by atoms with Crippen LogP contribution in [0.15, 0.2) is 12.3 Å². The minimum Gasteiger partial charge on any atom is -0.396 e. The van der Waals surface area contributed by atoms with Crippen molar-refractivity contribution >= 4 is 11.6 Å². The SMILES string of the molecule is CC1CCC(C(=O)Nc2cnnc(CCO)c2)O1.